The summed E-state index contributed by atoms with van der Waals surface area (Å²) in [6, 6.07) is 12.3. The van der Waals surface area contributed by atoms with Gasteiger partial charge in [0, 0.05) is 15.6 Å². The topological polar surface area (TPSA) is 55.1 Å². The van der Waals surface area contributed by atoms with Gasteiger partial charge in [-0.25, -0.2) is 0 Å². The summed E-state index contributed by atoms with van der Waals surface area (Å²) in [7, 11) is 0. The van der Waals surface area contributed by atoms with E-state index in [1.54, 1.807) is 30.3 Å². The molecule has 0 bridgehead atoms. The Kier molecular flexibility index (Phi) is 5.17. The number of amides is 1. The molecule has 0 fully saturated rings. The van der Waals surface area contributed by atoms with Crippen molar-refractivity contribution in [2.45, 2.75) is 4.90 Å². The third-order valence-electron chi connectivity index (χ3n) is 2.45. The molecule has 0 atom stereocenters. The average Bonchev–Trinajstić information content (AvgIpc) is 2.42. The molecular weight excluding hydrogens is 315 g/mol. The van der Waals surface area contributed by atoms with Crippen LogP contribution in [0.2, 0.25) is 10.0 Å². The molecule has 0 aromatic heterocycles. The zero-order chi connectivity index (χ0) is 14.5. The Bertz CT molecular complexity index is 617. The Labute approximate surface area is 131 Å². The van der Waals surface area contributed by atoms with Crippen LogP contribution in [-0.4, -0.2) is 11.7 Å². The Hall–Kier alpha value is -1.36. The molecule has 0 unspecified atom stereocenters. The van der Waals surface area contributed by atoms with E-state index in [0.29, 0.717) is 21.4 Å². The molecular formula is C14H12Cl2N2OS. The molecule has 2 aromatic carbocycles. The number of anilines is 2. The first-order chi connectivity index (χ1) is 9.54. The predicted octanol–water partition coefficient (Wildman–Crippen LogP) is 4.31. The molecule has 0 saturated carbocycles. The molecule has 0 aliphatic carbocycles. The Balaban J connectivity index is 1.92. The molecule has 0 saturated heterocycles. The van der Waals surface area contributed by atoms with Gasteiger partial charge < -0.3 is 11.1 Å². The van der Waals surface area contributed by atoms with Gasteiger partial charge in [0.1, 0.15) is 0 Å². The Morgan fingerprint density at radius 3 is 2.55 bits per heavy atom. The average molecular weight is 327 g/mol. The second-order valence-corrected chi connectivity index (χ2v) is 5.92. The largest absolute Gasteiger partial charge is 0.399 e. The summed E-state index contributed by atoms with van der Waals surface area (Å²) >= 11 is 13.3. The first kappa shape index (κ1) is 15.0. The zero-order valence-electron chi connectivity index (χ0n) is 10.4. The minimum Gasteiger partial charge on any atom is -0.399 e. The van der Waals surface area contributed by atoms with Gasteiger partial charge >= 0.3 is 0 Å². The highest BCUT2D eigenvalue weighted by atomic mass is 35.5. The van der Waals surface area contributed by atoms with Crippen LogP contribution in [0.15, 0.2) is 47.4 Å². The van der Waals surface area contributed by atoms with E-state index in [9.17, 15) is 4.79 Å². The first-order valence-electron chi connectivity index (χ1n) is 5.78. The van der Waals surface area contributed by atoms with Gasteiger partial charge in [-0.05, 0) is 42.5 Å². The summed E-state index contributed by atoms with van der Waals surface area (Å²) in [6.07, 6.45) is 0. The number of hydrogen-bond acceptors (Lipinski definition) is 3. The van der Waals surface area contributed by atoms with Crippen molar-refractivity contribution < 1.29 is 4.79 Å². The van der Waals surface area contributed by atoms with Crippen LogP contribution < -0.4 is 11.1 Å². The monoisotopic (exact) mass is 326 g/mol. The summed E-state index contributed by atoms with van der Waals surface area (Å²) in [6.45, 7) is 0. The van der Waals surface area contributed by atoms with Gasteiger partial charge in [0.05, 0.1) is 16.5 Å². The van der Waals surface area contributed by atoms with Crippen LogP contribution in [0, 0.1) is 0 Å². The zero-order valence-corrected chi connectivity index (χ0v) is 12.7. The third-order valence-corrected chi connectivity index (χ3v) is 4.03. The quantitative estimate of drug-likeness (QED) is 0.650. The van der Waals surface area contributed by atoms with E-state index >= 15 is 0 Å². The van der Waals surface area contributed by atoms with Gasteiger partial charge in [-0.3, -0.25) is 4.79 Å². The predicted molar refractivity (Wildman–Crippen MR) is 86.7 cm³/mol. The van der Waals surface area contributed by atoms with Crippen molar-refractivity contribution >= 4 is 52.2 Å². The summed E-state index contributed by atoms with van der Waals surface area (Å²) in [5, 5.41) is 3.71. The fourth-order valence-electron chi connectivity index (χ4n) is 1.49. The van der Waals surface area contributed by atoms with Crippen LogP contribution in [0.1, 0.15) is 0 Å². The van der Waals surface area contributed by atoms with E-state index in [0.717, 1.165) is 4.90 Å². The fraction of sp³-hybridized carbons (Fsp3) is 0.0714. The number of thioether (sulfide) groups is 1. The Morgan fingerprint density at radius 2 is 1.85 bits per heavy atom. The molecule has 0 heterocycles. The molecule has 3 nitrogen and oxygen atoms in total. The number of nitrogen functional groups attached to an aromatic ring is 1. The lowest BCUT2D eigenvalue weighted by Gasteiger charge is -2.07. The highest BCUT2D eigenvalue weighted by Crippen LogP contribution is 2.26. The van der Waals surface area contributed by atoms with Crippen LogP contribution in [0.25, 0.3) is 0 Å². The van der Waals surface area contributed by atoms with Gasteiger partial charge in [0.25, 0.3) is 0 Å². The SMILES string of the molecule is Nc1ccc(SCC(=O)Nc2cc(Cl)ccc2Cl)cc1. The number of rotatable bonds is 4. The van der Waals surface area contributed by atoms with Crippen molar-refractivity contribution in [2.75, 3.05) is 16.8 Å². The maximum Gasteiger partial charge on any atom is 0.234 e. The number of halogens is 2. The van der Waals surface area contributed by atoms with Crippen molar-refractivity contribution in [1.29, 1.82) is 0 Å². The van der Waals surface area contributed by atoms with Crippen molar-refractivity contribution in [3.63, 3.8) is 0 Å². The second kappa shape index (κ2) is 6.88. The summed E-state index contributed by atoms with van der Waals surface area (Å²) in [4.78, 5) is 12.8. The summed E-state index contributed by atoms with van der Waals surface area (Å²) in [5.41, 5.74) is 6.81. The van der Waals surface area contributed by atoms with E-state index in [4.69, 9.17) is 28.9 Å². The lowest BCUT2D eigenvalue weighted by molar-refractivity contribution is -0.113. The van der Waals surface area contributed by atoms with Crippen molar-refractivity contribution in [1.82, 2.24) is 0 Å². The number of benzene rings is 2. The molecule has 3 N–H and O–H groups in total. The third kappa shape index (κ3) is 4.34. The lowest BCUT2D eigenvalue weighted by Crippen LogP contribution is -2.14. The Morgan fingerprint density at radius 1 is 1.15 bits per heavy atom. The van der Waals surface area contributed by atoms with E-state index in [2.05, 4.69) is 5.32 Å². The van der Waals surface area contributed by atoms with Gasteiger partial charge in [-0.15, -0.1) is 11.8 Å². The standard InChI is InChI=1S/C14H12Cl2N2OS/c15-9-1-6-12(16)13(7-9)18-14(19)8-20-11-4-2-10(17)3-5-11/h1-7H,8,17H2,(H,18,19). The molecule has 2 rings (SSSR count). The maximum absolute atomic E-state index is 11.9. The lowest BCUT2D eigenvalue weighted by atomic mass is 10.3. The van der Waals surface area contributed by atoms with Gasteiger partial charge in [0.15, 0.2) is 0 Å². The minimum absolute atomic E-state index is 0.143. The first-order valence-corrected chi connectivity index (χ1v) is 7.52. The van der Waals surface area contributed by atoms with Crippen molar-refractivity contribution in [2.24, 2.45) is 0 Å². The molecule has 0 aliphatic heterocycles. The minimum atomic E-state index is -0.143. The van der Waals surface area contributed by atoms with Crippen LogP contribution in [0.3, 0.4) is 0 Å². The second-order valence-electron chi connectivity index (χ2n) is 4.03. The van der Waals surface area contributed by atoms with E-state index in [1.807, 2.05) is 12.1 Å². The highest BCUT2D eigenvalue weighted by Gasteiger charge is 2.07. The molecule has 104 valence electrons. The van der Waals surface area contributed by atoms with Crippen LogP contribution in [0.4, 0.5) is 11.4 Å². The summed E-state index contributed by atoms with van der Waals surface area (Å²) in [5.74, 6) is 0.142. The van der Waals surface area contributed by atoms with Crippen molar-refractivity contribution in [3.05, 3.63) is 52.5 Å². The number of carbonyl (C=O) groups excluding carboxylic acids is 1. The van der Waals surface area contributed by atoms with Crippen LogP contribution in [0.5, 0.6) is 0 Å². The van der Waals surface area contributed by atoms with E-state index < -0.39 is 0 Å². The molecule has 20 heavy (non-hydrogen) atoms. The molecule has 0 spiro atoms. The molecule has 6 heteroatoms. The highest BCUT2D eigenvalue weighted by molar-refractivity contribution is 8.00. The van der Waals surface area contributed by atoms with Crippen molar-refractivity contribution in [3.8, 4) is 0 Å². The van der Waals surface area contributed by atoms with Gasteiger partial charge in [-0.2, -0.15) is 0 Å². The van der Waals surface area contributed by atoms with Crippen LogP contribution in [-0.2, 0) is 4.79 Å². The molecule has 0 radical (unpaired) electrons. The normalized spacial score (nSPS) is 10.3. The number of carbonyl (C=O) groups is 1. The number of nitrogens with one attached hydrogen (secondary N) is 1. The smallest absolute Gasteiger partial charge is 0.234 e. The van der Waals surface area contributed by atoms with Gasteiger partial charge in [-0.1, -0.05) is 23.2 Å². The van der Waals surface area contributed by atoms with E-state index in [1.165, 1.54) is 11.8 Å². The molecule has 0 aliphatic rings. The molecule has 2 aromatic rings. The number of nitrogens with two attached hydrogens (primary N) is 1. The number of hydrogen-bond donors (Lipinski definition) is 2. The summed E-state index contributed by atoms with van der Waals surface area (Å²) < 4.78 is 0. The van der Waals surface area contributed by atoms with Crippen LogP contribution >= 0.6 is 35.0 Å². The fourth-order valence-corrected chi connectivity index (χ4v) is 2.53. The van der Waals surface area contributed by atoms with E-state index in [-0.39, 0.29) is 11.7 Å². The molecule has 1 amide bonds. The van der Waals surface area contributed by atoms with Gasteiger partial charge in [0.2, 0.25) is 5.91 Å². The maximum atomic E-state index is 11.9.